The maximum atomic E-state index is 13.0. The summed E-state index contributed by atoms with van der Waals surface area (Å²) in [4.78, 5) is 0. The average Bonchev–Trinajstić information content (AvgIpc) is 3.26. The molecule has 1 saturated heterocycles. The number of ether oxygens (including phenoxy) is 1. The van der Waals surface area contributed by atoms with Crippen LogP contribution in [-0.4, -0.2) is 138 Å². The summed E-state index contributed by atoms with van der Waals surface area (Å²) in [7, 11) is -3.52. The Morgan fingerprint density at radius 3 is 0.746 bits per heavy atom. The van der Waals surface area contributed by atoms with Crippen molar-refractivity contribution in [3.63, 3.8) is 0 Å². The fourth-order valence-corrected chi connectivity index (χ4v) is 37.9. The monoisotopic (exact) mass is 1030 g/mol. The molecule has 2 unspecified atom stereocenters. The molecule has 1 rings (SSSR count). The van der Waals surface area contributed by atoms with E-state index < -0.39 is 67.5 Å². The van der Waals surface area contributed by atoms with Gasteiger partial charge in [-0.15, -0.1) is 0 Å². The van der Waals surface area contributed by atoms with E-state index in [9.17, 15) is 4.39 Å². The number of hydrogen-bond acceptors (Lipinski definition) is 14. The maximum Gasteiger partial charge on any atom is 0.500 e. The van der Waals surface area contributed by atoms with Crippen LogP contribution in [0, 0.1) is 0 Å². The first kappa shape index (κ1) is 61.9. The number of halogens is 1. The van der Waals surface area contributed by atoms with Crippen LogP contribution in [0.15, 0.2) is 0 Å². The molecule has 14 nitrogen and oxygen atoms in total. The second kappa shape index (κ2) is 33.4. The lowest BCUT2D eigenvalue weighted by Gasteiger charge is -2.50. The van der Waals surface area contributed by atoms with Crippen molar-refractivity contribution in [3.05, 3.63) is 0 Å². The van der Waals surface area contributed by atoms with E-state index in [0.29, 0.717) is 13.0 Å². The van der Waals surface area contributed by atoms with Crippen molar-refractivity contribution in [2.24, 2.45) is 0 Å². The first-order valence-electron chi connectivity index (χ1n) is 24.0. The molecule has 2 atom stereocenters. The molecular formula is C41H95FO14Si7. The van der Waals surface area contributed by atoms with E-state index in [1.54, 1.807) is 64.0 Å². The summed E-state index contributed by atoms with van der Waals surface area (Å²) in [6, 6.07) is 5.93. The van der Waals surface area contributed by atoms with E-state index in [1.807, 2.05) is 0 Å². The predicted molar refractivity (Wildman–Crippen MR) is 264 cm³/mol. The smallest absolute Gasteiger partial charge is 0.416 e. The van der Waals surface area contributed by atoms with Gasteiger partial charge in [-0.2, -0.15) is 0 Å². The van der Waals surface area contributed by atoms with Crippen LogP contribution in [0.25, 0.3) is 0 Å². The molecule has 378 valence electrons. The topological polar surface area (TPSA) is 129 Å². The van der Waals surface area contributed by atoms with Gasteiger partial charge in [-0.3, -0.25) is 0 Å². The Morgan fingerprint density at radius 1 is 0.317 bits per heavy atom. The molecule has 63 heavy (non-hydrogen) atoms. The van der Waals surface area contributed by atoms with Crippen molar-refractivity contribution in [1.82, 2.24) is 0 Å². The normalized spacial score (nSPS) is 23.9. The summed E-state index contributed by atoms with van der Waals surface area (Å²) in [6.07, 6.45) is 20.5. The minimum absolute atomic E-state index is 0.343. The molecule has 0 aromatic rings. The second-order valence-corrected chi connectivity index (χ2v) is 41.4. The highest BCUT2D eigenvalue weighted by Gasteiger charge is 2.56. The Morgan fingerprint density at radius 2 is 0.524 bits per heavy atom. The Bertz CT molecular complexity index is 1060. The highest BCUT2D eigenvalue weighted by molar-refractivity contribution is 6.93. The van der Waals surface area contributed by atoms with Gasteiger partial charge < -0.3 is 61.0 Å². The summed E-state index contributed by atoms with van der Waals surface area (Å²) < 4.78 is 98.4. The molecule has 0 aromatic heterocycles. The van der Waals surface area contributed by atoms with Crippen molar-refractivity contribution in [3.8, 4) is 0 Å². The summed E-state index contributed by atoms with van der Waals surface area (Å²) >= 11 is 0. The summed E-state index contributed by atoms with van der Waals surface area (Å²) in [5.41, 5.74) is 0. The molecular weight excluding hydrogens is 932 g/mol. The Kier molecular flexibility index (Phi) is 32.8. The first-order chi connectivity index (χ1) is 30.1. The van der Waals surface area contributed by atoms with Crippen LogP contribution in [0.5, 0.6) is 0 Å². The van der Waals surface area contributed by atoms with Crippen molar-refractivity contribution >= 4 is 60.7 Å². The standard InChI is InChI=1S/C41H95FO14Si7/c1-43-61(44-2,45-3)38-29-23-17-14-20-26-34-57(10)53-58(11,35-27-21-15-18-24-30-39-62(46-4,47-5)48-6)55-60(13,37-32-33-52-41-42)56-59(12,54-57)36-28-22-16-19-25-31-40-63(49-7,50-8)51-9/h14-41H2,1-13H3. The lowest BCUT2D eigenvalue weighted by atomic mass is 10.1. The van der Waals surface area contributed by atoms with Gasteiger partial charge in [0.25, 0.3) is 0 Å². The Balaban J connectivity index is 3.08. The van der Waals surface area contributed by atoms with Crippen molar-refractivity contribution in [2.75, 3.05) is 77.5 Å². The Hall–Kier alpha value is 0.888. The fraction of sp³-hybridized carbons (Fsp3) is 1.00. The van der Waals surface area contributed by atoms with Crippen LogP contribution in [0.4, 0.5) is 4.39 Å². The molecule has 0 spiro atoms. The highest BCUT2D eigenvalue weighted by atomic mass is 28.5. The van der Waals surface area contributed by atoms with Gasteiger partial charge in [-0.05, 0) is 76.0 Å². The number of hydrogen-bond donors (Lipinski definition) is 0. The van der Waals surface area contributed by atoms with Crippen LogP contribution < -0.4 is 0 Å². The second-order valence-electron chi connectivity index (χ2n) is 17.8. The van der Waals surface area contributed by atoms with E-state index in [4.69, 9.17) is 61.0 Å². The van der Waals surface area contributed by atoms with E-state index in [1.165, 1.54) is 0 Å². The molecule has 1 aliphatic rings. The van der Waals surface area contributed by atoms with Gasteiger partial charge in [-0.25, -0.2) is 4.39 Å². The largest absolute Gasteiger partial charge is 0.500 e. The lowest BCUT2D eigenvalue weighted by Crippen LogP contribution is -2.67. The Labute approximate surface area is 392 Å². The van der Waals surface area contributed by atoms with Crippen molar-refractivity contribution < 1.29 is 65.4 Å². The molecule has 0 N–H and O–H groups in total. The third kappa shape index (κ3) is 24.3. The minimum Gasteiger partial charge on any atom is -0.416 e. The quantitative estimate of drug-likeness (QED) is 0.0425. The summed E-state index contributed by atoms with van der Waals surface area (Å²) in [5, 5.41) is 0. The fourth-order valence-electron chi connectivity index (χ4n) is 9.02. The zero-order valence-electron chi connectivity index (χ0n) is 42.4. The van der Waals surface area contributed by atoms with E-state index in [2.05, 4.69) is 26.2 Å². The van der Waals surface area contributed by atoms with Gasteiger partial charge in [0.15, 0.2) is 6.86 Å². The molecule has 0 radical (unpaired) electrons. The molecule has 0 bridgehead atoms. The summed E-state index contributed by atoms with van der Waals surface area (Å²) in [6.45, 7) is 8.55. The van der Waals surface area contributed by atoms with Gasteiger partial charge in [0.1, 0.15) is 0 Å². The number of rotatable bonds is 41. The SMILES string of the molecule is CO[Si](CCCCCCCC[Si]1(C)O[Si](C)(CCCCCCCC[Si](OC)(OC)OC)O[Si](C)(CCCOCF)O[Si](C)(CCCCCCCC[Si](OC)(OC)OC)O1)(OC)OC. The molecule has 0 aliphatic carbocycles. The van der Waals surface area contributed by atoms with Gasteiger partial charge in [0.2, 0.25) is 0 Å². The average molecular weight is 1030 g/mol. The van der Waals surface area contributed by atoms with Crippen LogP contribution >= 0.6 is 0 Å². The van der Waals surface area contributed by atoms with Crippen LogP contribution in [-0.2, 0) is 61.0 Å². The van der Waals surface area contributed by atoms with Crippen molar-refractivity contribution in [1.29, 1.82) is 0 Å². The molecule has 0 aromatic carbocycles. The molecule has 1 heterocycles. The minimum atomic E-state index is -2.81. The molecule has 0 amide bonds. The van der Waals surface area contributed by atoms with Gasteiger partial charge >= 0.3 is 60.7 Å². The van der Waals surface area contributed by atoms with E-state index in [-0.39, 0.29) is 0 Å². The lowest BCUT2D eigenvalue weighted by molar-refractivity contribution is 0.0574. The third-order valence-corrected chi connectivity index (χ3v) is 40.0. The van der Waals surface area contributed by atoms with Gasteiger partial charge in [-0.1, -0.05) is 96.3 Å². The van der Waals surface area contributed by atoms with Gasteiger partial charge in [0, 0.05) is 88.7 Å². The molecule has 1 aliphatic heterocycles. The first-order valence-corrected chi connectivity index (χ1v) is 39.9. The molecule has 1 fully saturated rings. The van der Waals surface area contributed by atoms with Gasteiger partial charge in [0.05, 0.1) is 0 Å². The third-order valence-electron chi connectivity index (χ3n) is 12.6. The number of unbranched alkanes of at least 4 members (excludes halogenated alkanes) is 15. The summed E-state index contributed by atoms with van der Waals surface area (Å²) in [5.74, 6) is 0. The number of alkyl halides is 1. The molecule has 0 saturated carbocycles. The maximum absolute atomic E-state index is 13.0. The zero-order chi connectivity index (χ0) is 47.2. The van der Waals surface area contributed by atoms with Crippen molar-refractivity contribution in [2.45, 2.75) is 190 Å². The van der Waals surface area contributed by atoms with E-state index >= 15 is 0 Å². The zero-order valence-corrected chi connectivity index (χ0v) is 49.4. The van der Waals surface area contributed by atoms with Crippen LogP contribution in [0.3, 0.4) is 0 Å². The molecule has 22 heteroatoms. The highest BCUT2D eigenvalue weighted by Crippen LogP contribution is 2.40. The van der Waals surface area contributed by atoms with Crippen LogP contribution in [0.1, 0.15) is 122 Å². The van der Waals surface area contributed by atoms with E-state index in [0.717, 1.165) is 158 Å². The van der Waals surface area contributed by atoms with Crippen LogP contribution in [0.2, 0.25) is 68.5 Å². The predicted octanol–water partition coefficient (Wildman–Crippen LogP) is 11.3.